The Morgan fingerprint density at radius 3 is 2.35 bits per heavy atom. The summed E-state index contributed by atoms with van der Waals surface area (Å²) in [5.41, 5.74) is 7.70. The molecule has 0 atom stereocenters. The second-order valence-corrected chi connectivity index (χ2v) is 4.85. The zero-order valence-electron chi connectivity index (χ0n) is 11.3. The molecule has 0 unspecified atom stereocenters. The standard InChI is InChI=1S/C18H17NO/c19-17-8-5-14(6-9-17)11-12-20-18-10-7-15-3-1-2-4-16(15)13-18/h1-10,13H,11-12,19H2. The summed E-state index contributed by atoms with van der Waals surface area (Å²) in [5.74, 6) is 0.916. The van der Waals surface area contributed by atoms with Crippen LogP contribution in [0.4, 0.5) is 5.69 Å². The molecule has 0 amide bonds. The van der Waals surface area contributed by atoms with Crippen LogP contribution >= 0.6 is 0 Å². The molecule has 100 valence electrons. The molecule has 0 aliphatic carbocycles. The molecule has 0 radical (unpaired) electrons. The van der Waals surface area contributed by atoms with Gasteiger partial charge >= 0.3 is 0 Å². The summed E-state index contributed by atoms with van der Waals surface area (Å²) in [7, 11) is 0. The van der Waals surface area contributed by atoms with Gasteiger partial charge in [-0.1, -0.05) is 42.5 Å². The van der Waals surface area contributed by atoms with Crippen molar-refractivity contribution in [3.8, 4) is 5.75 Å². The normalized spacial score (nSPS) is 10.6. The molecule has 2 nitrogen and oxygen atoms in total. The number of ether oxygens (including phenoxy) is 1. The number of hydrogen-bond donors (Lipinski definition) is 1. The fourth-order valence-electron chi connectivity index (χ4n) is 2.23. The van der Waals surface area contributed by atoms with Gasteiger partial charge in [-0.3, -0.25) is 0 Å². The molecule has 0 saturated carbocycles. The summed E-state index contributed by atoms with van der Waals surface area (Å²) in [6.45, 7) is 0.669. The maximum Gasteiger partial charge on any atom is 0.119 e. The largest absolute Gasteiger partial charge is 0.493 e. The van der Waals surface area contributed by atoms with Gasteiger partial charge in [0.25, 0.3) is 0 Å². The van der Waals surface area contributed by atoms with Crippen LogP contribution in [0.1, 0.15) is 5.56 Å². The molecule has 3 aromatic rings. The lowest BCUT2D eigenvalue weighted by Crippen LogP contribution is -2.01. The first-order valence-electron chi connectivity index (χ1n) is 6.77. The van der Waals surface area contributed by atoms with Crippen LogP contribution in [-0.2, 0) is 6.42 Å². The summed E-state index contributed by atoms with van der Waals surface area (Å²) in [4.78, 5) is 0. The smallest absolute Gasteiger partial charge is 0.119 e. The number of nitrogens with two attached hydrogens (primary N) is 1. The third-order valence-corrected chi connectivity index (χ3v) is 3.36. The molecule has 3 rings (SSSR count). The number of rotatable bonds is 4. The van der Waals surface area contributed by atoms with Gasteiger partial charge in [-0.2, -0.15) is 0 Å². The third kappa shape index (κ3) is 2.91. The Labute approximate surface area is 118 Å². The summed E-state index contributed by atoms with van der Waals surface area (Å²) in [6.07, 6.45) is 0.882. The van der Waals surface area contributed by atoms with Gasteiger partial charge in [-0.25, -0.2) is 0 Å². The van der Waals surface area contributed by atoms with E-state index in [1.807, 2.05) is 42.5 Å². The van der Waals surface area contributed by atoms with Crippen LogP contribution in [0.3, 0.4) is 0 Å². The zero-order valence-corrected chi connectivity index (χ0v) is 11.3. The van der Waals surface area contributed by atoms with Crippen LogP contribution in [-0.4, -0.2) is 6.61 Å². The quantitative estimate of drug-likeness (QED) is 0.721. The fraction of sp³-hybridized carbons (Fsp3) is 0.111. The summed E-state index contributed by atoms with van der Waals surface area (Å²) in [5, 5.41) is 2.44. The van der Waals surface area contributed by atoms with E-state index in [0.29, 0.717) is 6.61 Å². The molecule has 0 saturated heterocycles. The van der Waals surface area contributed by atoms with Crippen molar-refractivity contribution in [1.82, 2.24) is 0 Å². The molecule has 0 bridgehead atoms. The van der Waals surface area contributed by atoms with E-state index in [4.69, 9.17) is 10.5 Å². The molecule has 0 heterocycles. The van der Waals surface area contributed by atoms with Gasteiger partial charge in [0.15, 0.2) is 0 Å². The average Bonchev–Trinajstić information content (AvgIpc) is 2.49. The van der Waals surface area contributed by atoms with Crippen molar-refractivity contribution in [2.75, 3.05) is 12.3 Å². The van der Waals surface area contributed by atoms with Crippen LogP contribution in [0.15, 0.2) is 66.7 Å². The molecule has 2 N–H and O–H groups in total. The molecule has 0 fully saturated rings. The predicted octanol–water partition coefficient (Wildman–Crippen LogP) is 4.04. The van der Waals surface area contributed by atoms with Crippen molar-refractivity contribution in [2.24, 2.45) is 0 Å². The lowest BCUT2D eigenvalue weighted by Gasteiger charge is -2.07. The Balaban J connectivity index is 1.63. The van der Waals surface area contributed by atoms with Crippen LogP contribution in [0.2, 0.25) is 0 Å². The number of fused-ring (bicyclic) bond motifs is 1. The van der Waals surface area contributed by atoms with Gasteiger partial charge in [-0.15, -0.1) is 0 Å². The van der Waals surface area contributed by atoms with E-state index in [1.165, 1.54) is 16.3 Å². The molecule has 20 heavy (non-hydrogen) atoms. The highest BCUT2D eigenvalue weighted by Gasteiger charge is 1.98. The fourth-order valence-corrected chi connectivity index (χ4v) is 2.23. The van der Waals surface area contributed by atoms with Crippen LogP contribution in [0.25, 0.3) is 10.8 Å². The van der Waals surface area contributed by atoms with Crippen molar-refractivity contribution in [3.63, 3.8) is 0 Å². The number of hydrogen-bond acceptors (Lipinski definition) is 2. The molecule has 0 aliphatic heterocycles. The predicted molar refractivity (Wildman–Crippen MR) is 84.0 cm³/mol. The SMILES string of the molecule is Nc1ccc(CCOc2ccc3ccccc3c2)cc1. The van der Waals surface area contributed by atoms with E-state index >= 15 is 0 Å². The lowest BCUT2D eigenvalue weighted by molar-refractivity contribution is 0.322. The Bertz CT molecular complexity index is 704. The second kappa shape index (κ2) is 5.66. The average molecular weight is 263 g/mol. The van der Waals surface area contributed by atoms with Crippen molar-refractivity contribution in [2.45, 2.75) is 6.42 Å². The minimum Gasteiger partial charge on any atom is -0.493 e. The highest BCUT2D eigenvalue weighted by atomic mass is 16.5. The summed E-state index contributed by atoms with van der Waals surface area (Å²) >= 11 is 0. The minimum absolute atomic E-state index is 0.669. The molecule has 2 heteroatoms. The monoisotopic (exact) mass is 263 g/mol. The molecule has 3 aromatic carbocycles. The van der Waals surface area contributed by atoms with E-state index in [9.17, 15) is 0 Å². The minimum atomic E-state index is 0.669. The molecular formula is C18H17NO. The summed E-state index contributed by atoms with van der Waals surface area (Å²) < 4.78 is 5.82. The van der Waals surface area contributed by atoms with E-state index in [2.05, 4.69) is 24.3 Å². The van der Waals surface area contributed by atoms with E-state index in [0.717, 1.165) is 17.9 Å². The third-order valence-electron chi connectivity index (χ3n) is 3.36. The van der Waals surface area contributed by atoms with E-state index in [1.54, 1.807) is 0 Å². The molecule has 0 aliphatic rings. The molecular weight excluding hydrogens is 246 g/mol. The zero-order chi connectivity index (χ0) is 13.8. The van der Waals surface area contributed by atoms with Gasteiger partial charge in [0.05, 0.1) is 6.61 Å². The van der Waals surface area contributed by atoms with Crippen LogP contribution < -0.4 is 10.5 Å². The van der Waals surface area contributed by atoms with Crippen molar-refractivity contribution < 1.29 is 4.74 Å². The first-order valence-corrected chi connectivity index (χ1v) is 6.77. The van der Waals surface area contributed by atoms with Crippen molar-refractivity contribution in [3.05, 3.63) is 72.3 Å². The number of nitrogen functional groups attached to an aromatic ring is 1. The van der Waals surface area contributed by atoms with Gasteiger partial charge < -0.3 is 10.5 Å². The molecule has 0 aromatic heterocycles. The van der Waals surface area contributed by atoms with Gasteiger partial charge in [0, 0.05) is 12.1 Å². The first kappa shape index (κ1) is 12.5. The van der Waals surface area contributed by atoms with Gasteiger partial charge in [0.2, 0.25) is 0 Å². The van der Waals surface area contributed by atoms with E-state index < -0.39 is 0 Å². The van der Waals surface area contributed by atoms with Crippen molar-refractivity contribution in [1.29, 1.82) is 0 Å². The highest BCUT2D eigenvalue weighted by molar-refractivity contribution is 5.83. The van der Waals surface area contributed by atoms with Crippen LogP contribution in [0.5, 0.6) is 5.75 Å². The Kier molecular flexibility index (Phi) is 3.55. The van der Waals surface area contributed by atoms with Crippen molar-refractivity contribution >= 4 is 16.5 Å². The topological polar surface area (TPSA) is 35.2 Å². The number of anilines is 1. The lowest BCUT2D eigenvalue weighted by atomic mass is 10.1. The summed E-state index contributed by atoms with van der Waals surface area (Å²) in [6, 6.07) is 22.4. The van der Waals surface area contributed by atoms with Gasteiger partial charge in [0.1, 0.15) is 5.75 Å². The van der Waals surface area contributed by atoms with Gasteiger partial charge in [-0.05, 0) is 40.6 Å². The molecule has 0 spiro atoms. The van der Waals surface area contributed by atoms with Crippen LogP contribution in [0, 0.1) is 0 Å². The Morgan fingerprint density at radius 1 is 0.800 bits per heavy atom. The maximum atomic E-state index is 5.82. The second-order valence-electron chi connectivity index (χ2n) is 4.85. The number of benzene rings is 3. The Hall–Kier alpha value is -2.48. The van der Waals surface area contributed by atoms with E-state index in [-0.39, 0.29) is 0 Å². The maximum absolute atomic E-state index is 5.82. The first-order chi connectivity index (χ1) is 9.81. The Morgan fingerprint density at radius 2 is 1.55 bits per heavy atom. The highest BCUT2D eigenvalue weighted by Crippen LogP contribution is 2.20.